The van der Waals surface area contributed by atoms with Gasteiger partial charge in [0, 0.05) is 12.8 Å². The van der Waals surface area contributed by atoms with Gasteiger partial charge in [0.2, 0.25) is 0 Å². The van der Waals surface area contributed by atoms with Crippen molar-refractivity contribution >= 4 is 35.9 Å². The van der Waals surface area contributed by atoms with Crippen LogP contribution in [0.15, 0.2) is 48.6 Å². The van der Waals surface area contributed by atoms with E-state index in [1.807, 2.05) is 62.5 Å². The average Bonchev–Trinajstić information content (AvgIpc) is 2.84. The molecule has 1 N–H and O–H groups in total. The molecule has 39 heavy (non-hydrogen) atoms. The predicted molar refractivity (Wildman–Crippen MR) is 143 cm³/mol. The molecule has 10 nitrogen and oxygen atoms in total. The third kappa shape index (κ3) is 38.2. The summed E-state index contributed by atoms with van der Waals surface area (Å²) >= 11 is 0. The molecule has 0 aliphatic heterocycles. The van der Waals surface area contributed by atoms with Crippen LogP contribution in [0.1, 0.15) is 73.1 Å². The van der Waals surface area contributed by atoms with Crippen LogP contribution in [0.3, 0.4) is 0 Å². The van der Waals surface area contributed by atoms with Crippen LogP contribution in [0.25, 0.3) is 0 Å². The molecule has 0 aromatic carbocycles. The fraction of sp³-hybridized carbons (Fsp3) is 0.500. The van der Waals surface area contributed by atoms with Crippen LogP contribution in [-0.2, 0) is 43.0 Å². The average molecular weight is 578 g/mol. The number of ketones is 1. The largest absolute Gasteiger partial charge is 1.00 e. The fourth-order valence-electron chi connectivity index (χ4n) is 1.78. The van der Waals surface area contributed by atoms with Crippen molar-refractivity contribution in [3.05, 3.63) is 48.6 Å². The third-order valence-electron chi connectivity index (χ3n) is 3.82. The van der Waals surface area contributed by atoms with Gasteiger partial charge >= 0.3 is 69.3 Å². The number of hydrogen-bond donors (Lipinski definition) is 0. The zero-order chi connectivity index (χ0) is 29.1. The van der Waals surface area contributed by atoms with E-state index in [-0.39, 0.29) is 81.9 Å². The zero-order valence-corrected chi connectivity index (χ0v) is 27.6. The van der Waals surface area contributed by atoms with Crippen molar-refractivity contribution < 1.29 is 99.8 Å². The predicted octanol–water partition coefficient (Wildman–Crippen LogP) is 1.53. The van der Waals surface area contributed by atoms with E-state index in [9.17, 15) is 28.8 Å². The minimum absolute atomic E-state index is 0. The molecule has 0 aliphatic rings. The second-order valence-corrected chi connectivity index (χ2v) is 8.19. The van der Waals surface area contributed by atoms with Crippen LogP contribution in [0.2, 0.25) is 0 Å². The maximum Gasteiger partial charge on any atom is 1.00 e. The quantitative estimate of drug-likeness (QED) is 0.0831. The minimum Gasteiger partial charge on any atom is -0.870 e. The first-order valence-electron chi connectivity index (χ1n) is 11.7. The van der Waals surface area contributed by atoms with Gasteiger partial charge in [-0.15, -0.1) is 0 Å². The fourth-order valence-corrected chi connectivity index (χ4v) is 1.78. The Hall–Kier alpha value is -2.02. The second kappa shape index (κ2) is 32.2. The Labute approximate surface area is 275 Å². The van der Waals surface area contributed by atoms with Crippen molar-refractivity contribution in [1.82, 2.24) is 0 Å². The number of methoxy groups -OCH3 is 2. The number of carbonyl (C=O) groups excluding carboxylic acids is 6. The summed E-state index contributed by atoms with van der Waals surface area (Å²) in [4.78, 5) is 63.6. The molecule has 0 rings (SSSR count). The maximum atomic E-state index is 11.3. The number of Topliss-reactive ketones (excluding diaryl/α,β-unsaturated/α-hetero) is 1. The van der Waals surface area contributed by atoms with E-state index in [2.05, 4.69) is 9.47 Å². The van der Waals surface area contributed by atoms with Crippen LogP contribution >= 0.6 is 0 Å². The number of rotatable bonds is 12. The third-order valence-corrected chi connectivity index (χ3v) is 3.82. The summed E-state index contributed by atoms with van der Waals surface area (Å²) < 4.78 is 13.2. The van der Waals surface area contributed by atoms with Crippen molar-refractivity contribution in [2.45, 2.75) is 73.1 Å². The van der Waals surface area contributed by atoms with Crippen molar-refractivity contribution in [3.8, 4) is 0 Å². The number of carbonyl (C=O) groups is 5. The first-order valence-corrected chi connectivity index (χ1v) is 11.7. The van der Waals surface area contributed by atoms with Gasteiger partial charge in [0.15, 0.2) is 0 Å². The van der Waals surface area contributed by atoms with Crippen LogP contribution in [0.5, 0.6) is 0 Å². The van der Waals surface area contributed by atoms with E-state index in [1.54, 1.807) is 20.8 Å². The van der Waals surface area contributed by atoms with Gasteiger partial charge in [0.25, 0.3) is 5.97 Å². The molecule has 0 atom stereocenters. The zero-order valence-electron chi connectivity index (χ0n) is 24.5. The minimum atomic E-state index is -0.629. The normalized spacial score (nSPS) is 10.3. The van der Waals surface area contributed by atoms with E-state index in [1.165, 1.54) is 20.5 Å². The summed E-state index contributed by atoms with van der Waals surface area (Å²) in [6, 6.07) is 0. The van der Waals surface area contributed by atoms with Crippen LogP contribution in [0, 0.1) is 5.41 Å². The smallest absolute Gasteiger partial charge is 0.870 e. The van der Waals surface area contributed by atoms with Crippen LogP contribution in [-0.4, -0.2) is 55.6 Å². The summed E-state index contributed by atoms with van der Waals surface area (Å²) in [5.41, 5.74) is -0.629. The molecule has 0 aliphatic carbocycles. The van der Waals surface area contributed by atoms with Gasteiger partial charge in [-0.3, -0.25) is 30.3 Å². The number of allylic oxidation sites excluding steroid dienone is 8. The van der Waals surface area contributed by atoms with Crippen molar-refractivity contribution in [2.24, 2.45) is 5.41 Å². The van der Waals surface area contributed by atoms with Gasteiger partial charge in [-0.25, -0.2) is 0 Å². The Balaban J connectivity index is -0.000000154. The summed E-state index contributed by atoms with van der Waals surface area (Å²) in [7, 11) is 2.50. The Kier molecular flexibility index (Phi) is 38.6. The Morgan fingerprint density at radius 3 is 1.56 bits per heavy atom. The molecule has 0 spiro atoms. The SMILES string of the molecule is C/C=C/C=C\CCC(=O)CC(=O)OC.C/C=C/C=C\CCC(=O)OC(=O)C(C)(C)C.COC(=O)C[C-]=O.[K+].[OH-]. The molecule has 11 heteroatoms. The Morgan fingerprint density at radius 1 is 0.744 bits per heavy atom. The molecule has 0 fully saturated rings. The van der Waals surface area contributed by atoms with E-state index in [0.29, 0.717) is 19.3 Å². The maximum absolute atomic E-state index is 11.3. The van der Waals surface area contributed by atoms with E-state index >= 15 is 0 Å². The monoisotopic (exact) mass is 577 g/mol. The number of esters is 4. The van der Waals surface area contributed by atoms with E-state index in [0.717, 1.165) is 0 Å². The topological polar surface area (TPSA) is 160 Å². The van der Waals surface area contributed by atoms with Crippen molar-refractivity contribution in [3.63, 3.8) is 0 Å². The Morgan fingerprint density at radius 2 is 1.21 bits per heavy atom. The molecule has 0 unspecified atom stereocenters. The molecule has 0 saturated heterocycles. The summed E-state index contributed by atoms with van der Waals surface area (Å²) in [6.07, 6.45) is 18.0. The first-order chi connectivity index (χ1) is 17.4. The standard InChI is InChI=1S/C13H20O3.C11H16O3.C4H5O3.K.H2O/c1-5-6-7-8-9-10-11(14)16-12(15)13(2,3)4;1-3-4-5-6-7-8-10(12)9-11(13)14-2;1-7-4(6)2-3-5;;/h5-8H,9-10H2,1-4H3;3-6H,7-9H2,1-2H3;2H2,1H3;;1H2/q;;-1;+1;/p-1/b6-5+,8-7-;4-3+,6-5-;;;. The molecule has 0 aromatic rings. The molecule has 0 radical (unpaired) electrons. The molecule has 216 valence electrons. The van der Waals surface area contributed by atoms with Crippen molar-refractivity contribution in [1.29, 1.82) is 0 Å². The van der Waals surface area contributed by atoms with Crippen LogP contribution in [0.4, 0.5) is 0 Å². The summed E-state index contributed by atoms with van der Waals surface area (Å²) in [5, 5.41) is 0. The molecule has 0 heterocycles. The number of ether oxygens (including phenoxy) is 3. The van der Waals surface area contributed by atoms with Gasteiger partial charge in [-0.2, -0.15) is 0 Å². The molecular formula is C28H42KO10-. The second-order valence-electron chi connectivity index (χ2n) is 8.19. The van der Waals surface area contributed by atoms with Gasteiger partial charge in [-0.05, 0) is 47.5 Å². The molecule has 0 saturated carbocycles. The van der Waals surface area contributed by atoms with Gasteiger partial charge in [-0.1, -0.05) is 55.0 Å². The van der Waals surface area contributed by atoms with Crippen molar-refractivity contribution in [2.75, 3.05) is 14.2 Å². The van der Waals surface area contributed by atoms with Gasteiger partial charge in [0.05, 0.1) is 19.6 Å². The molecule has 0 amide bonds. The molecular weight excluding hydrogens is 535 g/mol. The van der Waals surface area contributed by atoms with E-state index in [4.69, 9.17) is 4.74 Å². The Bertz CT molecular complexity index is 819. The molecule has 0 aromatic heterocycles. The molecule has 0 bridgehead atoms. The van der Waals surface area contributed by atoms with Gasteiger partial charge < -0.3 is 24.5 Å². The van der Waals surface area contributed by atoms with Gasteiger partial charge in [0.1, 0.15) is 12.2 Å². The summed E-state index contributed by atoms with van der Waals surface area (Å²) in [6.45, 7) is 8.99. The van der Waals surface area contributed by atoms with Crippen LogP contribution < -0.4 is 51.4 Å². The summed E-state index contributed by atoms with van der Waals surface area (Å²) in [5.74, 6) is -2.04. The van der Waals surface area contributed by atoms with E-state index < -0.39 is 29.3 Å². The number of hydrogen-bond acceptors (Lipinski definition) is 10. The first kappa shape index (κ1) is 46.8.